The van der Waals surface area contributed by atoms with Crippen LogP contribution in [0.3, 0.4) is 0 Å². The van der Waals surface area contributed by atoms with Crippen molar-refractivity contribution in [2.75, 3.05) is 0 Å². The first-order chi connectivity index (χ1) is 11.4. The van der Waals surface area contributed by atoms with Crippen LogP contribution in [0.4, 0.5) is 0 Å². The van der Waals surface area contributed by atoms with Gasteiger partial charge in [-0.15, -0.1) is 0 Å². The summed E-state index contributed by atoms with van der Waals surface area (Å²) >= 11 is 0. The van der Waals surface area contributed by atoms with Crippen LogP contribution in [-0.4, -0.2) is 36.6 Å². The molecule has 1 fully saturated rings. The number of hydrogen-bond acceptors (Lipinski definition) is 3. The highest BCUT2D eigenvalue weighted by molar-refractivity contribution is 7.90. The van der Waals surface area contributed by atoms with Crippen LogP contribution in [0.15, 0.2) is 30.5 Å². The van der Waals surface area contributed by atoms with E-state index in [0.717, 1.165) is 23.7 Å². The molecule has 24 heavy (non-hydrogen) atoms. The standard InChI is InChI=1S/C17H23N3O3S/c1-11(2)24(22,23)20-13-8-7-12(9-13)19-17(21)15-10-18-16-6-4-3-5-14(15)16/h3-6,10-13,18,20H,7-9H2,1-2H3,(H,19,21)/t12-,13+/m1/s1. The number of fused-ring (bicyclic) bond motifs is 1. The van der Waals surface area contributed by atoms with Crippen LogP contribution in [-0.2, 0) is 10.0 Å². The summed E-state index contributed by atoms with van der Waals surface area (Å²) in [5.74, 6) is -0.121. The molecule has 1 aliphatic carbocycles. The molecular formula is C17H23N3O3S. The molecule has 0 unspecified atom stereocenters. The molecule has 1 aromatic heterocycles. The molecule has 3 N–H and O–H groups in total. The minimum atomic E-state index is -3.27. The lowest BCUT2D eigenvalue weighted by Gasteiger charge is -2.16. The lowest BCUT2D eigenvalue weighted by atomic mass is 10.1. The zero-order chi connectivity index (χ0) is 17.3. The van der Waals surface area contributed by atoms with Gasteiger partial charge in [0.05, 0.1) is 10.8 Å². The largest absolute Gasteiger partial charge is 0.360 e. The van der Waals surface area contributed by atoms with Crippen LogP contribution in [0.25, 0.3) is 10.9 Å². The highest BCUT2D eigenvalue weighted by Gasteiger charge is 2.30. The number of benzene rings is 1. The smallest absolute Gasteiger partial charge is 0.253 e. The van der Waals surface area contributed by atoms with Gasteiger partial charge in [0.1, 0.15) is 0 Å². The Morgan fingerprint density at radius 3 is 2.67 bits per heavy atom. The Morgan fingerprint density at radius 2 is 1.92 bits per heavy atom. The second-order valence-corrected chi connectivity index (χ2v) is 8.91. The van der Waals surface area contributed by atoms with E-state index >= 15 is 0 Å². The van der Waals surface area contributed by atoms with E-state index in [0.29, 0.717) is 12.0 Å². The maximum Gasteiger partial charge on any atom is 0.253 e. The molecular weight excluding hydrogens is 326 g/mol. The van der Waals surface area contributed by atoms with Crippen LogP contribution in [0.2, 0.25) is 0 Å². The summed E-state index contributed by atoms with van der Waals surface area (Å²) in [4.78, 5) is 15.6. The van der Waals surface area contributed by atoms with E-state index in [-0.39, 0.29) is 18.0 Å². The molecule has 6 nitrogen and oxygen atoms in total. The molecule has 2 atom stereocenters. The Hall–Kier alpha value is -1.86. The number of nitrogens with one attached hydrogen (secondary N) is 3. The number of sulfonamides is 1. The zero-order valence-electron chi connectivity index (χ0n) is 13.9. The van der Waals surface area contributed by atoms with Gasteiger partial charge in [-0.3, -0.25) is 4.79 Å². The lowest BCUT2D eigenvalue weighted by molar-refractivity contribution is 0.0939. The molecule has 2 aromatic rings. The Kier molecular flexibility index (Phi) is 4.64. The van der Waals surface area contributed by atoms with Crippen LogP contribution in [0.1, 0.15) is 43.5 Å². The van der Waals surface area contributed by atoms with Gasteiger partial charge in [-0.2, -0.15) is 0 Å². The van der Waals surface area contributed by atoms with Crippen molar-refractivity contribution in [1.82, 2.24) is 15.0 Å². The van der Waals surface area contributed by atoms with Crippen LogP contribution < -0.4 is 10.0 Å². The molecule has 1 amide bonds. The number of carbonyl (C=O) groups is 1. The van der Waals surface area contributed by atoms with Gasteiger partial charge >= 0.3 is 0 Å². The van der Waals surface area contributed by atoms with E-state index in [1.807, 2.05) is 24.3 Å². The molecule has 0 aliphatic heterocycles. The maximum absolute atomic E-state index is 12.5. The fraction of sp³-hybridized carbons (Fsp3) is 0.471. The SMILES string of the molecule is CC(C)S(=O)(=O)N[C@H]1CC[C@@H](NC(=O)c2c[nH]c3ccccc23)C1. The summed E-state index contributed by atoms with van der Waals surface area (Å²) in [6.45, 7) is 3.32. The third-order valence-corrected chi connectivity index (χ3v) is 6.46. The van der Waals surface area contributed by atoms with Crippen LogP contribution in [0.5, 0.6) is 0 Å². The number of aromatic amines is 1. The third kappa shape index (κ3) is 3.47. The Labute approximate surface area is 142 Å². The quantitative estimate of drug-likeness (QED) is 0.772. The molecule has 1 aliphatic rings. The van der Waals surface area contributed by atoms with Crippen molar-refractivity contribution in [3.63, 3.8) is 0 Å². The summed E-state index contributed by atoms with van der Waals surface area (Å²) < 4.78 is 26.6. The van der Waals surface area contributed by atoms with Gasteiger partial charge in [0, 0.05) is 29.2 Å². The maximum atomic E-state index is 12.5. The second-order valence-electron chi connectivity index (χ2n) is 6.64. The summed E-state index contributed by atoms with van der Waals surface area (Å²) in [5, 5.41) is 3.47. The minimum absolute atomic E-state index is 0.00831. The van der Waals surface area contributed by atoms with E-state index in [1.165, 1.54) is 0 Å². The Balaban J connectivity index is 1.62. The van der Waals surface area contributed by atoms with Gasteiger partial charge in [-0.25, -0.2) is 13.1 Å². The number of para-hydroxylation sites is 1. The fourth-order valence-electron chi connectivity index (χ4n) is 3.11. The van der Waals surface area contributed by atoms with Crippen molar-refractivity contribution in [2.45, 2.75) is 50.4 Å². The van der Waals surface area contributed by atoms with E-state index in [1.54, 1.807) is 20.0 Å². The average Bonchev–Trinajstić information content (AvgIpc) is 3.13. The summed E-state index contributed by atoms with van der Waals surface area (Å²) in [5.41, 5.74) is 1.55. The molecule has 0 bridgehead atoms. The van der Waals surface area contributed by atoms with Gasteiger partial charge in [-0.1, -0.05) is 18.2 Å². The normalized spacial score (nSPS) is 21.5. The summed E-state index contributed by atoms with van der Waals surface area (Å²) in [7, 11) is -3.27. The number of H-pyrrole nitrogens is 1. The Morgan fingerprint density at radius 1 is 1.21 bits per heavy atom. The number of carbonyl (C=O) groups excluding carboxylic acids is 1. The van der Waals surface area contributed by atoms with Gasteiger partial charge in [0.2, 0.25) is 10.0 Å². The number of hydrogen-bond donors (Lipinski definition) is 3. The van der Waals surface area contributed by atoms with Crippen molar-refractivity contribution in [3.8, 4) is 0 Å². The second kappa shape index (κ2) is 6.57. The van der Waals surface area contributed by atoms with E-state index in [4.69, 9.17) is 0 Å². The van der Waals surface area contributed by atoms with Crippen molar-refractivity contribution in [3.05, 3.63) is 36.0 Å². The van der Waals surface area contributed by atoms with Crippen LogP contribution >= 0.6 is 0 Å². The lowest BCUT2D eigenvalue weighted by Crippen LogP contribution is -2.39. The molecule has 1 aromatic carbocycles. The zero-order valence-corrected chi connectivity index (χ0v) is 14.7. The molecule has 7 heteroatoms. The molecule has 0 radical (unpaired) electrons. The fourth-order valence-corrected chi connectivity index (χ4v) is 4.06. The van der Waals surface area contributed by atoms with E-state index < -0.39 is 15.3 Å². The molecule has 1 saturated carbocycles. The monoisotopic (exact) mass is 349 g/mol. The van der Waals surface area contributed by atoms with E-state index in [2.05, 4.69) is 15.0 Å². The van der Waals surface area contributed by atoms with Crippen molar-refractivity contribution in [1.29, 1.82) is 0 Å². The third-order valence-electron chi connectivity index (χ3n) is 4.55. The number of aromatic nitrogens is 1. The first-order valence-corrected chi connectivity index (χ1v) is 9.79. The predicted molar refractivity (Wildman–Crippen MR) is 94.4 cm³/mol. The summed E-state index contributed by atoms with van der Waals surface area (Å²) in [6, 6.07) is 7.55. The number of amides is 1. The predicted octanol–water partition coefficient (Wildman–Crippen LogP) is 2.15. The molecule has 0 saturated heterocycles. The average molecular weight is 349 g/mol. The first-order valence-electron chi connectivity index (χ1n) is 8.25. The first kappa shape index (κ1) is 17.0. The molecule has 3 rings (SSSR count). The Bertz CT molecular complexity index is 842. The molecule has 0 spiro atoms. The number of rotatable bonds is 5. The van der Waals surface area contributed by atoms with Gasteiger partial charge < -0.3 is 10.3 Å². The summed E-state index contributed by atoms with van der Waals surface area (Å²) in [6.07, 6.45) is 3.86. The highest BCUT2D eigenvalue weighted by Crippen LogP contribution is 2.22. The van der Waals surface area contributed by atoms with Gasteiger partial charge in [0.15, 0.2) is 0 Å². The van der Waals surface area contributed by atoms with Crippen molar-refractivity contribution >= 4 is 26.8 Å². The topological polar surface area (TPSA) is 91.1 Å². The van der Waals surface area contributed by atoms with Gasteiger partial charge in [-0.05, 0) is 39.2 Å². The highest BCUT2D eigenvalue weighted by atomic mass is 32.2. The van der Waals surface area contributed by atoms with Crippen molar-refractivity contribution < 1.29 is 13.2 Å². The van der Waals surface area contributed by atoms with E-state index in [9.17, 15) is 13.2 Å². The minimum Gasteiger partial charge on any atom is -0.360 e. The van der Waals surface area contributed by atoms with Crippen LogP contribution in [0, 0.1) is 0 Å². The van der Waals surface area contributed by atoms with Gasteiger partial charge in [0.25, 0.3) is 5.91 Å². The molecule has 130 valence electrons. The molecule has 1 heterocycles. The van der Waals surface area contributed by atoms with Crippen molar-refractivity contribution in [2.24, 2.45) is 0 Å².